The van der Waals surface area contributed by atoms with Crippen molar-refractivity contribution < 1.29 is 4.39 Å². The van der Waals surface area contributed by atoms with Crippen molar-refractivity contribution >= 4 is 22.6 Å². The summed E-state index contributed by atoms with van der Waals surface area (Å²) < 4.78 is 13.3. The van der Waals surface area contributed by atoms with E-state index < -0.39 is 5.95 Å². The van der Waals surface area contributed by atoms with Gasteiger partial charge in [-0.2, -0.15) is 4.39 Å². The van der Waals surface area contributed by atoms with E-state index in [1.165, 1.54) is 0 Å². The maximum atomic E-state index is 13.3. The summed E-state index contributed by atoms with van der Waals surface area (Å²) in [7, 11) is 0. The van der Waals surface area contributed by atoms with E-state index in [2.05, 4.69) is 9.97 Å². The molecular weight excluding hydrogens is 205 g/mol. The number of H-pyrrole nitrogens is 1. The molecule has 0 saturated heterocycles. The van der Waals surface area contributed by atoms with Crippen LogP contribution >= 0.6 is 11.6 Å². The number of hydrogen-bond acceptors (Lipinski definition) is 2. The standard InChI is InChI=1S/C9H9ClFN3/c1-4-5(2-12)8(11)14-9-7(4)6(10)3-13-9/h3H,2,12H2,1H3,(H,13,14). The molecule has 0 amide bonds. The second kappa shape index (κ2) is 3.22. The number of aromatic nitrogens is 2. The number of nitrogens with zero attached hydrogens (tertiary/aromatic N) is 1. The molecule has 2 heterocycles. The molecule has 0 spiro atoms. The van der Waals surface area contributed by atoms with Gasteiger partial charge in [0.25, 0.3) is 0 Å². The fraction of sp³-hybridized carbons (Fsp3) is 0.222. The highest BCUT2D eigenvalue weighted by Crippen LogP contribution is 2.27. The van der Waals surface area contributed by atoms with Crippen molar-refractivity contribution in [3.8, 4) is 0 Å². The van der Waals surface area contributed by atoms with Gasteiger partial charge in [-0.1, -0.05) is 11.6 Å². The number of rotatable bonds is 1. The van der Waals surface area contributed by atoms with Gasteiger partial charge in [0.05, 0.1) is 5.02 Å². The molecule has 0 aliphatic heterocycles. The molecule has 2 rings (SSSR count). The number of halogens is 2. The van der Waals surface area contributed by atoms with Crippen LogP contribution in [0, 0.1) is 12.9 Å². The van der Waals surface area contributed by atoms with Crippen LogP contribution in [0.15, 0.2) is 6.20 Å². The molecule has 2 aromatic heterocycles. The van der Waals surface area contributed by atoms with Crippen molar-refractivity contribution in [2.45, 2.75) is 13.5 Å². The summed E-state index contributed by atoms with van der Waals surface area (Å²) in [6.45, 7) is 1.91. The topological polar surface area (TPSA) is 54.7 Å². The average Bonchev–Trinajstić information content (AvgIpc) is 2.48. The zero-order valence-electron chi connectivity index (χ0n) is 7.56. The second-order valence-corrected chi connectivity index (χ2v) is 3.48. The van der Waals surface area contributed by atoms with Crippen molar-refractivity contribution in [2.24, 2.45) is 5.73 Å². The van der Waals surface area contributed by atoms with Crippen LogP contribution in [0.3, 0.4) is 0 Å². The number of aromatic amines is 1. The number of nitrogens with two attached hydrogens (primary N) is 1. The summed E-state index contributed by atoms with van der Waals surface area (Å²) in [5.41, 5.74) is 7.06. The lowest BCUT2D eigenvalue weighted by molar-refractivity contribution is 0.570. The first-order valence-electron chi connectivity index (χ1n) is 4.16. The van der Waals surface area contributed by atoms with Crippen molar-refractivity contribution in [1.29, 1.82) is 0 Å². The van der Waals surface area contributed by atoms with Crippen molar-refractivity contribution in [3.05, 3.63) is 28.3 Å². The third-order valence-electron chi connectivity index (χ3n) is 2.30. The fourth-order valence-electron chi connectivity index (χ4n) is 1.54. The minimum absolute atomic E-state index is 0.127. The molecule has 5 heteroatoms. The highest BCUT2D eigenvalue weighted by Gasteiger charge is 2.13. The summed E-state index contributed by atoms with van der Waals surface area (Å²) in [5, 5.41) is 1.29. The normalized spacial score (nSPS) is 11.1. The fourth-order valence-corrected chi connectivity index (χ4v) is 1.83. The van der Waals surface area contributed by atoms with Gasteiger partial charge in [0.2, 0.25) is 5.95 Å². The maximum absolute atomic E-state index is 13.3. The molecule has 3 nitrogen and oxygen atoms in total. The van der Waals surface area contributed by atoms with E-state index in [1.54, 1.807) is 13.1 Å². The first kappa shape index (κ1) is 9.43. The number of pyridine rings is 1. The first-order chi connectivity index (χ1) is 6.65. The molecule has 0 unspecified atom stereocenters. The lowest BCUT2D eigenvalue weighted by Gasteiger charge is -2.05. The first-order valence-corrected chi connectivity index (χ1v) is 4.54. The molecule has 0 radical (unpaired) electrons. The van der Waals surface area contributed by atoms with Crippen molar-refractivity contribution in [2.75, 3.05) is 0 Å². The Balaban J connectivity index is 2.89. The van der Waals surface area contributed by atoms with Gasteiger partial charge in [-0.15, -0.1) is 0 Å². The molecule has 0 atom stereocenters. The Kier molecular flexibility index (Phi) is 2.17. The van der Waals surface area contributed by atoms with E-state index in [0.29, 0.717) is 16.2 Å². The Morgan fingerprint density at radius 1 is 1.64 bits per heavy atom. The summed E-state index contributed by atoms with van der Waals surface area (Å²) >= 11 is 5.92. The summed E-state index contributed by atoms with van der Waals surface area (Å²) in [6.07, 6.45) is 1.59. The molecule has 2 aromatic rings. The quantitative estimate of drug-likeness (QED) is 0.713. The van der Waals surface area contributed by atoms with Crippen LogP contribution in [0.5, 0.6) is 0 Å². The van der Waals surface area contributed by atoms with E-state index in [-0.39, 0.29) is 6.54 Å². The van der Waals surface area contributed by atoms with Crippen LogP contribution in [0.1, 0.15) is 11.1 Å². The SMILES string of the molecule is Cc1c(CN)c(F)nc2[nH]cc(Cl)c12. The molecule has 0 aliphatic carbocycles. The zero-order valence-corrected chi connectivity index (χ0v) is 8.32. The highest BCUT2D eigenvalue weighted by molar-refractivity contribution is 6.35. The summed E-state index contributed by atoms with van der Waals surface area (Å²) in [4.78, 5) is 6.54. The van der Waals surface area contributed by atoms with Gasteiger partial charge in [-0.3, -0.25) is 0 Å². The molecule has 0 bridgehead atoms. The van der Waals surface area contributed by atoms with Crippen LogP contribution in [-0.4, -0.2) is 9.97 Å². The Labute approximate surface area is 85.1 Å². The van der Waals surface area contributed by atoms with Gasteiger partial charge in [-0.25, -0.2) is 4.98 Å². The van der Waals surface area contributed by atoms with Crippen LogP contribution < -0.4 is 5.73 Å². The predicted molar refractivity (Wildman–Crippen MR) is 53.7 cm³/mol. The monoisotopic (exact) mass is 213 g/mol. The van der Waals surface area contributed by atoms with E-state index in [9.17, 15) is 4.39 Å². The molecule has 0 aliphatic rings. The van der Waals surface area contributed by atoms with E-state index in [0.717, 1.165) is 10.9 Å². The van der Waals surface area contributed by atoms with Crippen molar-refractivity contribution in [1.82, 2.24) is 9.97 Å². The van der Waals surface area contributed by atoms with Crippen molar-refractivity contribution in [3.63, 3.8) is 0 Å². The molecule has 3 N–H and O–H groups in total. The van der Waals surface area contributed by atoms with Crippen LogP contribution in [0.25, 0.3) is 11.0 Å². The smallest absolute Gasteiger partial charge is 0.219 e. The summed E-state index contributed by atoms with van der Waals surface area (Å²) in [6, 6.07) is 0. The number of aryl methyl sites for hydroxylation is 1. The molecule has 0 saturated carbocycles. The minimum Gasteiger partial charge on any atom is -0.345 e. The van der Waals surface area contributed by atoms with E-state index in [4.69, 9.17) is 17.3 Å². The number of fused-ring (bicyclic) bond motifs is 1. The zero-order chi connectivity index (χ0) is 10.3. The Morgan fingerprint density at radius 3 is 3.00 bits per heavy atom. The van der Waals surface area contributed by atoms with Crippen LogP contribution in [0.4, 0.5) is 4.39 Å². The van der Waals surface area contributed by atoms with E-state index in [1.807, 2.05) is 0 Å². The predicted octanol–water partition coefficient (Wildman–Crippen LogP) is 2.12. The van der Waals surface area contributed by atoms with Gasteiger partial charge in [0, 0.05) is 23.7 Å². The average molecular weight is 214 g/mol. The van der Waals surface area contributed by atoms with Gasteiger partial charge in [-0.05, 0) is 12.5 Å². The molecular formula is C9H9ClFN3. The molecule has 0 aromatic carbocycles. The Bertz CT molecular complexity index is 492. The lowest BCUT2D eigenvalue weighted by Crippen LogP contribution is -2.05. The molecule has 74 valence electrons. The molecule has 14 heavy (non-hydrogen) atoms. The largest absolute Gasteiger partial charge is 0.345 e. The third-order valence-corrected chi connectivity index (χ3v) is 2.60. The minimum atomic E-state index is -0.531. The summed E-state index contributed by atoms with van der Waals surface area (Å²) in [5.74, 6) is -0.531. The van der Waals surface area contributed by atoms with Crippen LogP contribution in [0.2, 0.25) is 5.02 Å². The van der Waals surface area contributed by atoms with Crippen LogP contribution in [-0.2, 0) is 6.54 Å². The highest BCUT2D eigenvalue weighted by atomic mass is 35.5. The van der Waals surface area contributed by atoms with Gasteiger partial charge < -0.3 is 10.7 Å². The second-order valence-electron chi connectivity index (χ2n) is 3.07. The van der Waals surface area contributed by atoms with Gasteiger partial charge in [0.15, 0.2) is 0 Å². The Morgan fingerprint density at radius 2 is 2.36 bits per heavy atom. The number of hydrogen-bond donors (Lipinski definition) is 2. The third kappa shape index (κ3) is 1.19. The van der Waals surface area contributed by atoms with Gasteiger partial charge >= 0.3 is 0 Å². The lowest BCUT2D eigenvalue weighted by atomic mass is 10.1. The molecule has 0 fully saturated rings. The van der Waals surface area contributed by atoms with E-state index >= 15 is 0 Å². The van der Waals surface area contributed by atoms with Gasteiger partial charge in [0.1, 0.15) is 5.65 Å². The number of nitrogens with one attached hydrogen (secondary N) is 1. The Hall–Kier alpha value is -1.13. The maximum Gasteiger partial charge on any atom is 0.219 e.